The number of nitrogens with one attached hydrogen (secondary N) is 1. The fourth-order valence-electron chi connectivity index (χ4n) is 2.57. The number of hydrogen-bond acceptors (Lipinski definition) is 3. The van der Waals surface area contributed by atoms with E-state index in [1.165, 1.54) is 24.8 Å². The molecule has 0 heterocycles. The van der Waals surface area contributed by atoms with Crippen LogP contribution in [0.4, 0.5) is 0 Å². The molecular weight excluding hydrogens is 254 g/mol. The van der Waals surface area contributed by atoms with E-state index >= 15 is 0 Å². The third-order valence-electron chi connectivity index (χ3n) is 3.68. The summed E-state index contributed by atoms with van der Waals surface area (Å²) in [6, 6.07) is 9.15. The van der Waals surface area contributed by atoms with Gasteiger partial charge < -0.3 is 10.1 Å². The van der Waals surface area contributed by atoms with Crippen molar-refractivity contribution in [2.75, 3.05) is 12.9 Å². The van der Waals surface area contributed by atoms with Crippen molar-refractivity contribution in [3.63, 3.8) is 0 Å². The van der Waals surface area contributed by atoms with Gasteiger partial charge in [0.15, 0.2) is 0 Å². The van der Waals surface area contributed by atoms with E-state index in [-0.39, 0.29) is 0 Å². The minimum Gasteiger partial charge on any atom is -0.494 e. The molecule has 0 radical (unpaired) electrons. The number of thioether (sulfide) groups is 1. The zero-order valence-corrected chi connectivity index (χ0v) is 12.8. The Kier molecular flexibility index (Phi) is 6.05. The van der Waals surface area contributed by atoms with Gasteiger partial charge in [-0.3, -0.25) is 0 Å². The fraction of sp³-hybridized carbons (Fsp3) is 0.625. The van der Waals surface area contributed by atoms with Crippen LogP contribution >= 0.6 is 11.8 Å². The van der Waals surface area contributed by atoms with Crippen molar-refractivity contribution < 1.29 is 4.74 Å². The zero-order valence-electron chi connectivity index (χ0n) is 12.0. The van der Waals surface area contributed by atoms with Crippen LogP contribution in [0.1, 0.15) is 38.2 Å². The maximum Gasteiger partial charge on any atom is 0.119 e. The molecule has 1 aliphatic carbocycles. The number of benzene rings is 1. The van der Waals surface area contributed by atoms with Gasteiger partial charge in [-0.2, -0.15) is 11.8 Å². The van der Waals surface area contributed by atoms with E-state index in [1.54, 1.807) is 0 Å². The molecule has 1 aromatic rings. The van der Waals surface area contributed by atoms with E-state index in [4.69, 9.17) is 4.74 Å². The molecule has 2 rings (SSSR count). The predicted molar refractivity (Wildman–Crippen MR) is 84.0 cm³/mol. The Morgan fingerprint density at radius 2 is 2.26 bits per heavy atom. The van der Waals surface area contributed by atoms with Crippen LogP contribution in [0.25, 0.3) is 0 Å². The summed E-state index contributed by atoms with van der Waals surface area (Å²) in [6.07, 6.45) is 7.27. The molecule has 0 saturated heterocycles. The van der Waals surface area contributed by atoms with Crippen molar-refractivity contribution in [2.45, 2.75) is 50.4 Å². The van der Waals surface area contributed by atoms with E-state index in [9.17, 15) is 0 Å². The van der Waals surface area contributed by atoms with E-state index in [1.807, 2.05) is 17.8 Å². The maximum atomic E-state index is 5.67. The Hall–Kier alpha value is -0.670. The van der Waals surface area contributed by atoms with Gasteiger partial charge in [0, 0.05) is 17.8 Å². The van der Waals surface area contributed by atoms with Gasteiger partial charge in [-0.1, -0.05) is 19.1 Å². The number of ether oxygens (including phenoxy) is 1. The van der Waals surface area contributed by atoms with Crippen molar-refractivity contribution in [2.24, 2.45) is 0 Å². The van der Waals surface area contributed by atoms with Crippen LogP contribution in [0.15, 0.2) is 24.3 Å². The van der Waals surface area contributed by atoms with Crippen LogP contribution in [0.5, 0.6) is 5.75 Å². The van der Waals surface area contributed by atoms with Crippen LogP contribution < -0.4 is 10.1 Å². The number of hydrogen-bond donors (Lipinski definition) is 1. The molecule has 1 aliphatic rings. The minimum absolute atomic E-state index is 0.692. The smallest absolute Gasteiger partial charge is 0.119 e. The third-order valence-corrected chi connectivity index (χ3v) is 4.78. The second-order valence-electron chi connectivity index (χ2n) is 5.24. The van der Waals surface area contributed by atoms with Crippen LogP contribution in [0, 0.1) is 0 Å². The molecule has 0 bridgehead atoms. The van der Waals surface area contributed by atoms with Gasteiger partial charge in [0.1, 0.15) is 5.75 Å². The molecule has 106 valence electrons. The molecule has 3 heteroatoms. The molecule has 0 aromatic heterocycles. The molecule has 1 N–H and O–H groups in total. The van der Waals surface area contributed by atoms with E-state index in [2.05, 4.69) is 36.7 Å². The molecule has 1 aromatic carbocycles. The number of rotatable bonds is 7. The quantitative estimate of drug-likeness (QED) is 0.819. The van der Waals surface area contributed by atoms with Crippen molar-refractivity contribution in [3.05, 3.63) is 29.8 Å². The summed E-state index contributed by atoms with van der Waals surface area (Å²) in [5, 5.41) is 4.53. The molecule has 1 saturated carbocycles. The van der Waals surface area contributed by atoms with E-state index < -0.39 is 0 Å². The Morgan fingerprint density at radius 3 is 3.00 bits per heavy atom. The Morgan fingerprint density at radius 1 is 1.37 bits per heavy atom. The summed E-state index contributed by atoms with van der Waals surface area (Å²) in [6.45, 7) is 3.89. The largest absolute Gasteiger partial charge is 0.494 e. The summed E-state index contributed by atoms with van der Waals surface area (Å²) in [7, 11) is 0. The fourth-order valence-corrected chi connectivity index (χ4v) is 3.36. The van der Waals surface area contributed by atoms with Gasteiger partial charge in [-0.15, -0.1) is 0 Å². The topological polar surface area (TPSA) is 21.3 Å². The monoisotopic (exact) mass is 279 g/mol. The summed E-state index contributed by atoms with van der Waals surface area (Å²) < 4.78 is 5.67. The highest BCUT2D eigenvalue weighted by Crippen LogP contribution is 2.28. The molecule has 1 fully saturated rings. The van der Waals surface area contributed by atoms with Crippen molar-refractivity contribution in [1.82, 2.24) is 5.32 Å². The Bertz CT molecular complexity index is 383. The second-order valence-corrected chi connectivity index (χ2v) is 6.38. The summed E-state index contributed by atoms with van der Waals surface area (Å²) in [5.74, 6) is 0.995. The highest BCUT2D eigenvalue weighted by atomic mass is 32.2. The first-order valence-electron chi connectivity index (χ1n) is 7.29. The molecule has 0 amide bonds. The van der Waals surface area contributed by atoms with Crippen molar-refractivity contribution >= 4 is 11.8 Å². The molecule has 2 atom stereocenters. The van der Waals surface area contributed by atoms with Crippen LogP contribution in [-0.4, -0.2) is 24.2 Å². The van der Waals surface area contributed by atoms with Gasteiger partial charge in [0.2, 0.25) is 0 Å². The van der Waals surface area contributed by atoms with Crippen LogP contribution in [-0.2, 0) is 6.54 Å². The van der Waals surface area contributed by atoms with Crippen molar-refractivity contribution in [1.29, 1.82) is 0 Å². The van der Waals surface area contributed by atoms with Gasteiger partial charge in [-0.25, -0.2) is 0 Å². The van der Waals surface area contributed by atoms with Crippen molar-refractivity contribution in [3.8, 4) is 5.75 Å². The highest BCUT2D eigenvalue weighted by Gasteiger charge is 2.23. The SMILES string of the molecule is CCCOc1cccc(CNC2CCC(SC)C2)c1. The lowest BCUT2D eigenvalue weighted by molar-refractivity contribution is 0.317. The third kappa shape index (κ3) is 4.73. The molecule has 2 unspecified atom stereocenters. The van der Waals surface area contributed by atoms with Crippen LogP contribution in [0.2, 0.25) is 0 Å². The van der Waals surface area contributed by atoms with Gasteiger partial charge in [0.05, 0.1) is 6.61 Å². The lowest BCUT2D eigenvalue weighted by atomic mass is 10.2. The molecular formula is C16H25NOS. The summed E-state index contributed by atoms with van der Waals surface area (Å²) >= 11 is 2.01. The van der Waals surface area contributed by atoms with Gasteiger partial charge in [0.25, 0.3) is 0 Å². The summed E-state index contributed by atoms with van der Waals surface area (Å²) in [4.78, 5) is 0. The first-order valence-corrected chi connectivity index (χ1v) is 8.58. The average molecular weight is 279 g/mol. The van der Waals surface area contributed by atoms with E-state index in [0.29, 0.717) is 6.04 Å². The van der Waals surface area contributed by atoms with Crippen LogP contribution in [0.3, 0.4) is 0 Å². The summed E-state index contributed by atoms with van der Waals surface area (Å²) in [5.41, 5.74) is 1.32. The second kappa shape index (κ2) is 7.81. The lowest BCUT2D eigenvalue weighted by Gasteiger charge is -2.13. The minimum atomic E-state index is 0.692. The Labute approximate surface area is 121 Å². The maximum absolute atomic E-state index is 5.67. The average Bonchev–Trinajstić information content (AvgIpc) is 2.91. The normalized spacial score (nSPS) is 22.6. The molecule has 19 heavy (non-hydrogen) atoms. The highest BCUT2D eigenvalue weighted by molar-refractivity contribution is 7.99. The van der Waals surface area contributed by atoms with Gasteiger partial charge in [-0.05, 0) is 49.6 Å². The first kappa shape index (κ1) is 14.7. The lowest BCUT2D eigenvalue weighted by Crippen LogP contribution is -2.26. The molecule has 0 spiro atoms. The predicted octanol–water partition coefficient (Wildman–Crippen LogP) is 3.85. The van der Waals surface area contributed by atoms with E-state index in [0.717, 1.165) is 30.6 Å². The molecule has 2 nitrogen and oxygen atoms in total. The standard InChI is InChI=1S/C16H25NOS/c1-3-9-18-15-6-4-5-13(10-15)12-17-14-7-8-16(11-14)19-2/h4-6,10,14,16-17H,3,7-9,11-12H2,1-2H3. The first-order chi connectivity index (χ1) is 9.31. The zero-order chi connectivity index (χ0) is 13.5. The van der Waals surface area contributed by atoms with Gasteiger partial charge >= 0.3 is 0 Å². The Balaban J connectivity index is 1.79. The molecule has 0 aliphatic heterocycles.